The molecule has 0 spiro atoms. The maximum atomic E-state index is 13.5. The molecule has 1 aromatic rings. The first-order valence-corrected chi connectivity index (χ1v) is 7.56. The Hall–Kier alpha value is -1.00. The first-order chi connectivity index (χ1) is 9.45. The third kappa shape index (κ3) is 4.00. The molecule has 0 saturated heterocycles. The van der Waals surface area contributed by atoms with Gasteiger partial charge in [-0.1, -0.05) is 32.1 Å². The summed E-state index contributed by atoms with van der Waals surface area (Å²) in [6.45, 7) is 5.03. The van der Waals surface area contributed by atoms with Crippen LogP contribution in [0, 0.1) is 17.7 Å². The van der Waals surface area contributed by atoms with E-state index in [1.165, 1.54) is 12.5 Å². The molecule has 2 N–H and O–H groups in total. The predicted molar refractivity (Wildman–Crippen MR) is 83.0 cm³/mol. The van der Waals surface area contributed by atoms with Crippen LogP contribution in [0.1, 0.15) is 44.2 Å². The van der Waals surface area contributed by atoms with Crippen molar-refractivity contribution in [3.63, 3.8) is 0 Å². The number of ether oxygens (including phenoxy) is 1. The molecule has 1 aliphatic rings. The van der Waals surface area contributed by atoms with Crippen molar-refractivity contribution in [1.82, 2.24) is 0 Å². The standard InChI is InChI=1S/C16H22FNOS/c1-10-5-11(2)7-13(6-10)19-9-12-3-4-15(17)14(8-12)16(18)20/h3-4,8,10-11,13H,5-7,9H2,1-2H3,(H2,18,20). The first-order valence-electron chi connectivity index (χ1n) is 7.15. The number of hydrogen-bond acceptors (Lipinski definition) is 2. The molecule has 20 heavy (non-hydrogen) atoms. The van der Waals surface area contributed by atoms with Gasteiger partial charge in [0.2, 0.25) is 0 Å². The Bertz CT molecular complexity index is 481. The molecule has 0 aromatic heterocycles. The lowest BCUT2D eigenvalue weighted by Gasteiger charge is -2.31. The number of halogens is 1. The Labute approximate surface area is 125 Å². The van der Waals surface area contributed by atoms with Gasteiger partial charge in [0.15, 0.2) is 0 Å². The highest BCUT2D eigenvalue weighted by Crippen LogP contribution is 2.30. The second kappa shape index (κ2) is 6.64. The monoisotopic (exact) mass is 295 g/mol. The van der Waals surface area contributed by atoms with Crippen molar-refractivity contribution >= 4 is 17.2 Å². The van der Waals surface area contributed by atoms with Crippen molar-refractivity contribution in [1.29, 1.82) is 0 Å². The largest absolute Gasteiger partial charge is 0.389 e. The summed E-state index contributed by atoms with van der Waals surface area (Å²) >= 11 is 4.85. The Morgan fingerprint density at radius 3 is 2.55 bits per heavy atom. The van der Waals surface area contributed by atoms with E-state index in [1.807, 2.05) is 0 Å². The molecule has 2 unspecified atom stereocenters. The summed E-state index contributed by atoms with van der Waals surface area (Å²) in [5, 5.41) is 0. The molecule has 2 rings (SSSR count). The third-order valence-corrected chi connectivity index (χ3v) is 4.14. The Kier molecular flexibility index (Phi) is 5.11. The summed E-state index contributed by atoms with van der Waals surface area (Å²) in [4.78, 5) is 0.0873. The summed E-state index contributed by atoms with van der Waals surface area (Å²) < 4.78 is 19.5. The van der Waals surface area contributed by atoms with Crippen LogP contribution in [0.15, 0.2) is 18.2 Å². The quantitative estimate of drug-likeness (QED) is 0.858. The number of nitrogens with two attached hydrogens (primary N) is 1. The fraction of sp³-hybridized carbons (Fsp3) is 0.562. The first kappa shape index (κ1) is 15.4. The van der Waals surface area contributed by atoms with Gasteiger partial charge in [0, 0.05) is 5.56 Å². The number of benzene rings is 1. The SMILES string of the molecule is CC1CC(C)CC(OCc2ccc(F)c(C(N)=S)c2)C1. The fourth-order valence-corrected chi connectivity index (χ4v) is 3.23. The second-order valence-corrected chi connectivity index (χ2v) is 6.47. The zero-order chi connectivity index (χ0) is 14.7. The molecule has 0 aliphatic heterocycles. The molecule has 1 fully saturated rings. The van der Waals surface area contributed by atoms with Crippen LogP contribution in [-0.2, 0) is 11.3 Å². The van der Waals surface area contributed by atoms with Gasteiger partial charge in [0.25, 0.3) is 0 Å². The van der Waals surface area contributed by atoms with Gasteiger partial charge >= 0.3 is 0 Å². The van der Waals surface area contributed by atoms with Crippen LogP contribution < -0.4 is 5.73 Å². The molecule has 1 aromatic carbocycles. The highest BCUT2D eigenvalue weighted by atomic mass is 32.1. The number of thiocarbonyl (C=S) groups is 1. The topological polar surface area (TPSA) is 35.2 Å². The number of rotatable bonds is 4. The summed E-state index contributed by atoms with van der Waals surface area (Å²) in [5.74, 6) is 1.05. The maximum absolute atomic E-state index is 13.5. The Morgan fingerprint density at radius 2 is 1.95 bits per heavy atom. The van der Waals surface area contributed by atoms with Crippen LogP contribution in [0.4, 0.5) is 4.39 Å². The van der Waals surface area contributed by atoms with Gasteiger partial charge in [-0.15, -0.1) is 0 Å². The average Bonchev–Trinajstić information content (AvgIpc) is 2.36. The lowest BCUT2D eigenvalue weighted by molar-refractivity contribution is -0.00917. The van der Waals surface area contributed by atoms with Gasteiger partial charge in [-0.05, 0) is 48.8 Å². The Morgan fingerprint density at radius 1 is 1.30 bits per heavy atom. The van der Waals surface area contributed by atoms with E-state index < -0.39 is 0 Å². The highest BCUT2D eigenvalue weighted by molar-refractivity contribution is 7.80. The number of hydrogen-bond donors (Lipinski definition) is 1. The molecular weight excluding hydrogens is 273 g/mol. The molecule has 2 nitrogen and oxygen atoms in total. The van der Waals surface area contributed by atoms with Crippen LogP contribution in [-0.4, -0.2) is 11.1 Å². The van der Waals surface area contributed by atoms with Crippen LogP contribution in [0.5, 0.6) is 0 Å². The fourth-order valence-electron chi connectivity index (χ4n) is 3.07. The van der Waals surface area contributed by atoms with Crippen LogP contribution >= 0.6 is 12.2 Å². The van der Waals surface area contributed by atoms with Crippen molar-refractivity contribution in [2.75, 3.05) is 0 Å². The van der Waals surface area contributed by atoms with Crippen molar-refractivity contribution in [2.45, 2.75) is 45.8 Å². The van der Waals surface area contributed by atoms with Crippen LogP contribution in [0.2, 0.25) is 0 Å². The summed E-state index contributed by atoms with van der Waals surface area (Å²) in [5.41, 5.74) is 6.72. The van der Waals surface area contributed by atoms with E-state index in [2.05, 4.69) is 13.8 Å². The van der Waals surface area contributed by atoms with E-state index in [0.29, 0.717) is 30.1 Å². The molecule has 0 amide bonds. The lowest BCUT2D eigenvalue weighted by atomic mass is 9.82. The molecule has 0 radical (unpaired) electrons. The molecule has 1 saturated carbocycles. The van der Waals surface area contributed by atoms with Gasteiger partial charge in [-0.2, -0.15) is 0 Å². The van der Waals surface area contributed by atoms with Gasteiger partial charge in [-0.3, -0.25) is 0 Å². The van der Waals surface area contributed by atoms with Gasteiger partial charge in [0.05, 0.1) is 12.7 Å². The average molecular weight is 295 g/mol. The maximum Gasteiger partial charge on any atom is 0.133 e. The van der Waals surface area contributed by atoms with E-state index in [9.17, 15) is 4.39 Å². The lowest BCUT2D eigenvalue weighted by Crippen LogP contribution is -2.26. The second-order valence-electron chi connectivity index (χ2n) is 6.03. The normalized spacial score (nSPS) is 26.4. The Balaban J connectivity index is 1.97. The van der Waals surface area contributed by atoms with Crippen molar-refractivity contribution in [2.24, 2.45) is 17.6 Å². The highest BCUT2D eigenvalue weighted by Gasteiger charge is 2.24. The van der Waals surface area contributed by atoms with Gasteiger partial charge in [0.1, 0.15) is 10.8 Å². The van der Waals surface area contributed by atoms with Crippen LogP contribution in [0.3, 0.4) is 0 Å². The van der Waals surface area contributed by atoms with Crippen molar-refractivity contribution in [3.8, 4) is 0 Å². The molecule has 2 atom stereocenters. The van der Waals surface area contributed by atoms with Gasteiger partial charge in [-0.25, -0.2) is 4.39 Å². The third-order valence-electron chi connectivity index (χ3n) is 3.92. The van der Waals surface area contributed by atoms with E-state index in [4.69, 9.17) is 22.7 Å². The van der Waals surface area contributed by atoms with Crippen LogP contribution in [0.25, 0.3) is 0 Å². The minimum Gasteiger partial charge on any atom is -0.389 e. The van der Waals surface area contributed by atoms with Crippen molar-refractivity contribution < 1.29 is 9.13 Å². The van der Waals surface area contributed by atoms with Crippen molar-refractivity contribution in [3.05, 3.63) is 35.1 Å². The molecule has 0 heterocycles. The summed E-state index contributed by atoms with van der Waals surface area (Å²) in [7, 11) is 0. The molecule has 110 valence electrons. The van der Waals surface area contributed by atoms with E-state index in [1.54, 1.807) is 12.1 Å². The van der Waals surface area contributed by atoms with E-state index >= 15 is 0 Å². The smallest absolute Gasteiger partial charge is 0.133 e. The summed E-state index contributed by atoms with van der Waals surface area (Å²) in [6, 6.07) is 4.82. The zero-order valence-electron chi connectivity index (χ0n) is 12.1. The summed E-state index contributed by atoms with van der Waals surface area (Å²) in [6.07, 6.45) is 3.79. The van der Waals surface area contributed by atoms with E-state index in [-0.39, 0.29) is 10.8 Å². The molecular formula is C16H22FNOS. The van der Waals surface area contributed by atoms with E-state index in [0.717, 1.165) is 18.4 Å². The zero-order valence-corrected chi connectivity index (χ0v) is 12.9. The minimum absolute atomic E-state index is 0.0873. The molecule has 0 bridgehead atoms. The van der Waals surface area contributed by atoms with Gasteiger partial charge < -0.3 is 10.5 Å². The molecule has 1 aliphatic carbocycles. The minimum atomic E-state index is -0.374. The molecule has 4 heteroatoms. The predicted octanol–water partition coefficient (Wildman–Crippen LogP) is 3.80.